The third-order valence-corrected chi connectivity index (χ3v) is 8.93. The standard InChI is InChI=1S/C32H38N4O3/c1-20-14-26(38-13-12-37)15-21(2)31(20)27-7-5-6-23(22(27)3)19-39-25-8-9-28-24(16-25)18-32(10-11-32)29(28)17-30-33-34-35-36(30)4/h5-9,14-16,29-30,37H,10-13,17-19H2,1-4H3,(H,33,35). The van der Waals surface area contributed by atoms with Crippen LogP contribution in [0.15, 0.2) is 58.9 Å². The van der Waals surface area contributed by atoms with Gasteiger partial charge in [-0.1, -0.05) is 29.5 Å². The zero-order valence-electron chi connectivity index (χ0n) is 23.3. The maximum Gasteiger partial charge on any atom is 0.144 e. The number of aryl methyl sites for hydroxylation is 2. The van der Waals surface area contributed by atoms with Crippen molar-refractivity contribution in [2.24, 2.45) is 15.8 Å². The number of hydrogen-bond donors (Lipinski definition) is 2. The van der Waals surface area contributed by atoms with Crippen molar-refractivity contribution in [3.05, 3.63) is 81.9 Å². The zero-order chi connectivity index (χ0) is 27.1. The van der Waals surface area contributed by atoms with Gasteiger partial charge in [-0.15, -0.1) is 5.11 Å². The van der Waals surface area contributed by atoms with Crippen LogP contribution >= 0.6 is 0 Å². The molecule has 2 aliphatic carbocycles. The van der Waals surface area contributed by atoms with Gasteiger partial charge in [0.05, 0.1) is 6.61 Å². The molecule has 1 aliphatic heterocycles. The van der Waals surface area contributed by atoms with E-state index in [1.54, 1.807) is 0 Å². The highest BCUT2D eigenvalue weighted by Gasteiger charge is 2.55. The highest BCUT2D eigenvalue weighted by Crippen LogP contribution is 2.64. The number of fused-ring (bicyclic) bond motifs is 1. The minimum Gasteiger partial charge on any atom is -0.491 e. The smallest absolute Gasteiger partial charge is 0.144 e. The van der Waals surface area contributed by atoms with E-state index < -0.39 is 0 Å². The van der Waals surface area contributed by atoms with Gasteiger partial charge in [0.2, 0.25) is 0 Å². The van der Waals surface area contributed by atoms with Crippen LogP contribution in [0.4, 0.5) is 0 Å². The lowest BCUT2D eigenvalue weighted by Gasteiger charge is -2.24. The first-order valence-electron chi connectivity index (χ1n) is 14.0. The molecule has 0 bridgehead atoms. The molecule has 3 aromatic carbocycles. The van der Waals surface area contributed by atoms with Crippen molar-refractivity contribution >= 4 is 0 Å². The topological polar surface area (TPSA) is 78.7 Å². The van der Waals surface area contributed by atoms with E-state index in [4.69, 9.17) is 14.6 Å². The molecule has 2 unspecified atom stereocenters. The van der Waals surface area contributed by atoms with Crippen molar-refractivity contribution in [3.8, 4) is 22.6 Å². The third-order valence-electron chi connectivity index (χ3n) is 8.93. The summed E-state index contributed by atoms with van der Waals surface area (Å²) in [6.45, 7) is 7.25. The molecule has 1 fully saturated rings. The second kappa shape index (κ2) is 10.3. The lowest BCUT2D eigenvalue weighted by molar-refractivity contribution is 0.191. The fourth-order valence-electron chi connectivity index (χ4n) is 6.65. The quantitative estimate of drug-likeness (QED) is 0.348. The molecule has 0 aromatic heterocycles. The van der Waals surface area contributed by atoms with Crippen LogP contribution in [0, 0.1) is 26.2 Å². The number of rotatable bonds is 9. The molecular formula is C32H38N4O3. The molecule has 0 amide bonds. The first-order valence-corrected chi connectivity index (χ1v) is 14.0. The van der Waals surface area contributed by atoms with Gasteiger partial charge >= 0.3 is 0 Å². The van der Waals surface area contributed by atoms with Crippen molar-refractivity contribution in [3.63, 3.8) is 0 Å². The van der Waals surface area contributed by atoms with Crippen molar-refractivity contribution in [1.82, 2.24) is 10.5 Å². The Morgan fingerprint density at radius 1 is 1.03 bits per heavy atom. The molecule has 1 heterocycles. The minimum absolute atomic E-state index is 0.00917. The molecule has 3 aromatic rings. The fourth-order valence-corrected chi connectivity index (χ4v) is 6.65. The van der Waals surface area contributed by atoms with Gasteiger partial charge in [-0.3, -0.25) is 0 Å². The molecule has 3 aliphatic rings. The van der Waals surface area contributed by atoms with E-state index in [0.717, 1.165) is 35.5 Å². The Labute approximate surface area is 230 Å². The van der Waals surface area contributed by atoms with Crippen LogP contribution in [-0.2, 0) is 13.0 Å². The average molecular weight is 527 g/mol. The molecule has 2 atom stereocenters. The molecule has 1 saturated carbocycles. The van der Waals surface area contributed by atoms with Crippen molar-refractivity contribution in [2.75, 3.05) is 20.3 Å². The highest BCUT2D eigenvalue weighted by molar-refractivity contribution is 5.75. The second-order valence-corrected chi connectivity index (χ2v) is 11.5. The van der Waals surface area contributed by atoms with E-state index in [1.165, 1.54) is 46.2 Å². The molecule has 7 nitrogen and oxygen atoms in total. The minimum atomic E-state index is 0.00917. The van der Waals surface area contributed by atoms with E-state index in [9.17, 15) is 0 Å². The van der Waals surface area contributed by atoms with Crippen molar-refractivity contribution in [2.45, 2.75) is 65.1 Å². The second-order valence-electron chi connectivity index (χ2n) is 11.5. The number of aliphatic hydroxyl groups excluding tert-OH is 1. The highest BCUT2D eigenvalue weighted by atomic mass is 16.5. The van der Waals surface area contributed by atoms with Crippen LogP contribution < -0.4 is 15.0 Å². The van der Waals surface area contributed by atoms with Crippen LogP contribution in [-0.4, -0.2) is 36.5 Å². The number of ether oxygens (including phenoxy) is 2. The Bertz CT molecular complexity index is 1390. The van der Waals surface area contributed by atoms with Crippen molar-refractivity contribution in [1.29, 1.82) is 0 Å². The molecule has 0 radical (unpaired) electrons. The van der Waals surface area contributed by atoms with Crippen LogP contribution in [0.1, 0.15) is 58.6 Å². The van der Waals surface area contributed by atoms with Gasteiger partial charge in [0.15, 0.2) is 0 Å². The van der Waals surface area contributed by atoms with Gasteiger partial charge in [0.25, 0.3) is 0 Å². The number of benzene rings is 3. The average Bonchev–Trinajstić information content (AvgIpc) is 3.47. The Balaban J connectivity index is 1.19. The van der Waals surface area contributed by atoms with Gasteiger partial charge in [-0.25, -0.2) is 5.53 Å². The predicted octanol–water partition coefficient (Wildman–Crippen LogP) is 6.18. The van der Waals surface area contributed by atoms with E-state index in [-0.39, 0.29) is 12.8 Å². The summed E-state index contributed by atoms with van der Waals surface area (Å²) in [5.41, 5.74) is 13.4. The summed E-state index contributed by atoms with van der Waals surface area (Å²) in [6.07, 6.45) is 4.82. The summed E-state index contributed by atoms with van der Waals surface area (Å²) in [4.78, 5) is 0. The first-order chi connectivity index (χ1) is 18.9. The summed E-state index contributed by atoms with van der Waals surface area (Å²) >= 11 is 0. The Morgan fingerprint density at radius 2 is 1.82 bits per heavy atom. The molecular weight excluding hydrogens is 488 g/mol. The number of hydrogen-bond acceptors (Lipinski definition) is 7. The number of nitrogens with zero attached hydrogens (tertiary/aromatic N) is 3. The van der Waals surface area contributed by atoms with E-state index in [0.29, 0.717) is 24.5 Å². The van der Waals surface area contributed by atoms with Gasteiger partial charge in [-0.05, 0) is 127 Å². The molecule has 6 rings (SSSR count). The molecule has 1 spiro atoms. The number of nitrogens with one attached hydrogen (secondary N) is 1. The summed E-state index contributed by atoms with van der Waals surface area (Å²) in [5.74, 6) is 2.26. The maximum absolute atomic E-state index is 9.10. The summed E-state index contributed by atoms with van der Waals surface area (Å²) < 4.78 is 12.0. The largest absolute Gasteiger partial charge is 0.491 e. The van der Waals surface area contributed by atoms with Crippen LogP contribution in [0.5, 0.6) is 11.5 Å². The summed E-state index contributed by atoms with van der Waals surface area (Å²) in [5, 5.41) is 19.5. The first kappa shape index (κ1) is 25.8. The SMILES string of the molecule is Cc1cc(OCCO)cc(C)c1-c1cccc(COc2ccc3c(c2)CC2(CC2)C3CC2N=NNN2C)c1C. The fraction of sp³-hybridized carbons (Fsp3) is 0.438. The van der Waals surface area contributed by atoms with Gasteiger partial charge < -0.3 is 14.6 Å². The van der Waals surface area contributed by atoms with Gasteiger partial charge in [0, 0.05) is 7.05 Å². The van der Waals surface area contributed by atoms with E-state index in [1.807, 2.05) is 12.1 Å². The molecule has 2 N–H and O–H groups in total. The zero-order valence-corrected chi connectivity index (χ0v) is 23.3. The number of hydrazine groups is 1. The summed E-state index contributed by atoms with van der Waals surface area (Å²) in [7, 11) is 2.01. The van der Waals surface area contributed by atoms with Gasteiger partial charge in [0.1, 0.15) is 30.9 Å². The summed E-state index contributed by atoms with van der Waals surface area (Å²) in [6, 6.07) is 17.3. The molecule has 204 valence electrons. The monoisotopic (exact) mass is 526 g/mol. The third kappa shape index (κ3) is 4.90. The Kier molecular flexibility index (Phi) is 6.81. The molecule has 0 saturated heterocycles. The van der Waals surface area contributed by atoms with Gasteiger partial charge in [-0.2, -0.15) is 5.01 Å². The molecule has 39 heavy (non-hydrogen) atoms. The lowest BCUT2D eigenvalue weighted by Crippen LogP contribution is -2.34. The van der Waals surface area contributed by atoms with Crippen LogP contribution in [0.2, 0.25) is 0 Å². The van der Waals surface area contributed by atoms with Crippen molar-refractivity contribution < 1.29 is 14.6 Å². The Morgan fingerprint density at radius 3 is 2.51 bits per heavy atom. The van der Waals surface area contributed by atoms with E-state index >= 15 is 0 Å². The Hall–Kier alpha value is -3.42. The molecule has 7 heteroatoms. The number of aliphatic hydroxyl groups is 1. The normalized spacial score (nSPS) is 20.7. The predicted molar refractivity (Wildman–Crippen MR) is 152 cm³/mol. The van der Waals surface area contributed by atoms with Crippen LogP contribution in [0.25, 0.3) is 11.1 Å². The van der Waals surface area contributed by atoms with E-state index in [2.05, 4.69) is 85.2 Å². The lowest BCUT2D eigenvalue weighted by atomic mass is 9.86. The van der Waals surface area contributed by atoms with Crippen LogP contribution in [0.3, 0.4) is 0 Å². The maximum atomic E-state index is 9.10.